The molecule has 1 saturated carbocycles. The highest BCUT2D eigenvalue weighted by Crippen LogP contribution is 2.43. The van der Waals surface area contributed by atoms with Crippen LogP contribution in [-0.4, -0.2) is 35.7 Å². The third-order valence-electron chi connectivity index (χ3n) is 3.37. The maximum Gasteiger partial charge on any atom is 0.0811 e. The molecule has 0 aromatic heterocycles. The van der Waals surface area contributed by atoms with Gasteiger partial charge in [-0.25, -0.2) is 0 Å². The summed E-state index contributed by atoms with van der Waals surface area (Å²) in [5.74, 6) is 0. The Morgan fingerprint density at radius 3 is 2.69 bits per heavy atom. The Kier molecular flexibility index (Phi) is 2.00. The molecule has 0 N–H and O–H groups in total. The Balaban J connectivity index is 2.03. The van der Waals surface area contributed by atoms with E-state index in [1.807, 2.05) is 6.08 Å². The first-order valence-electron chi connectivity index (χ1n) is 5.11. The van der Waals surface area contributed by atoms with Crippen LogP contribution < -0.4 is 0 Å². The van der Waals surface area contributed by atoms with Crippen molar-refractivity contribution in [2.24, 2.45) is 0 Å². The zero-order chi connectivity index (χ0) is 9.53. The lowest BCUT2D eigenvalue weighted by Gasteiger charge is -2.42. The number of hydrogen-bond acceptors (Lipinski definition) is 2. The van der Waals surface area contributed by atoms with Crippen LogP contribution in [0.15, 0.2) is 12.7 Å². The minimum Gasteiger partial charge on any atom is -0.372 e. The molecule has 13 heavy (non-hydrogen) atoms. The lowest BCUT2D eigenvalue weighted by molar-refractivity contribution is -0.0677. The average molecular weight is 181 g/mol. The second kappa shape index (κ2) is 2.82. The van der Waals surface area contributed by atoms with Crippen LogP contribution in [0, 0.1) is 0 Å². The van der Waals surface area contributed by atoms with E-state index in [2.05, 4.69) is 25.3 Å². The van der Waals surface area contributed by atoms with Crippen molar-refractivity contribution in [1.82, 2.24) is 4.90 Å². The van der Waals surface area contributed by atoms with Gasteiger partial charge < -0.3 is 4.74 Å². The minimum absolute atomic E-state index is 0.124. The molecule has 0 aromatic carbocycles. The van der Waals surface area contributed by atoms with Gasteiger partial charge in [0.15, 0.2) is 0 Å². The molecule has 0 bridgehead atoms. The quantitative estimate of drug-likeness (QED) is 0.602. The Labute approximate surface area is 80.6 Å². The first-order valence-corrected chi connectivity index (χ1v) is 5.11. The summed E-state index contributed by atoms with van der Waals surface area (Å²) >= 11 is 0. The molecular formula is C11H19NO. The molecule has 0 radical (unpaired) electrons. The number of nitrogens with zero attached hydrogens (tertiary/aromatic N) is 1. The van der Waals surface area contributed by atoms with Crippen LogP contribution in [0.25, 0.3) is 0 Å². The van der Waals surface area contributed by atoms with Gasteiger partial charge in [0.2, 0.25) is 0 Å². The molecule has 1 saturated heterocycles. The van der Waals surface area contributed by atoms with Crippen molar-refractivity contribution in [2.45, 2.75) is 37.8 Å². The van der Waals surface area contributed by atoms with Crippen LogP contribution in [-0.2, 0) is 4.74 Å². The summed E-state index contributed by atoms with van der Waals surface area (Å²) in [5, 5.41) is 0. The normalized spacial score (nSPS) is 27.5. The second-order valence-electron chi connectivity index (χ2n) is 4.81. The van der Waals surface area contributed by atoms with Crippen LogP contribution >= 0.6 is 0 Å². The highest BCUT2D eigenvalue weighted by atomic mass is 16.5. The highest BCUT2D eigenvalue weighted by molar-refractivity contribution is 5.06. The fourth-order valence-electron chi connectivity index (χ4n) is 1.91. The van der Waals surface area contributed by atoms with Crippen molar-refractivity contribution in [3.05, 3.63) is 12.7 Å². The molecule has 0 atom stereocenters. The Hall–Kier alpha value is -0.340. The molecule has 74 valence electrons. The number of hydrogen-bond donors (Lipinski definition) is 0. The van der Waals surface area contributed by atoms with E-state index in [9.17, 15) is 0 Å². The molecule has 2 aliphatic rings. The maximum atomic E-state index is 5.77. The van der Waals surface area contributed by atoms with Gasteiger partial charge >= 0.3 is 0 Å². The van der Waals surface area contributed by atoms with Crippen LogP contribution in [0.2, 0.25) is 0 Å². The number of ether oxygens (including phenoxy) is 1. The largest absolute Gasteiger partial charge is 0.372 e. The van der Waals surface area contributed by atoms with Crippen LogP contribution in [0.1, 0.15) is 26.7 Å². The minimum atomic E-state index is 0.124. The summed E-state index contributed by atoms with van der Waals surface area (Å²) in [7, 11) is 0. The van der Waals surface area contributed by atoms with Crippen molar-refractivity contribution in [3.63, 3.8) is 0 Å². The van der Waals surface area contributed by atoms with E-state index < -0.39 is 0 Å². The smallest absolute Gasteiger partial charge is 0.0811 e. The molecule has 0 amide bonds. The summed E-state index contributed by atoms with van der Waals surface area (Å²) in [5.41, 5.74) is 0.359. The molecule has 2 fully saturated rings. The van der Waals surface area contributed by atoms with E-state index in [1.165, 1.54) is 12.8 Å². The summed E-state index contributed by atoms with van der Waals surface area (Å²) < 4.78 is 5.77. The Morgan fingerprint density at radius 2 is 2.15 bits per heavy atom. The molecular weight excluding hydrogens is 162 g/mol. The van der Waals surface area contributed by atoms with Crippen LogP contribution in [0.5, 0.6) is 0 Å². The van der Waals surface area contributed by atoms with Crippen molar-refractivity contribution >= 4 is 0 Å². The summed E-state index contributed by atoms with van der Waals surface area (Å²) in [6.07, 6.45) is 4.53. The van der Waals surface area contributed by atoms with E-state index in [-0.39, 0.29) is 11.1 Å². The third kappa shape index (κ3) is 1.65. The molecule has 1 heterocycles. The highest BCUT2D eigenvalue weighted by Gasteiger charge is 2.49. The predicted octanol–water partition coefficient (Wildman–Crippen LogP) is 1.82. The second-order valence-corrected chi connectivity index (χ2v) is 4.81. The monoisotopic (exact) mass is 181 g/mol. The number of morpholine rings is 1. The van der Waals surface area contributed by atoms with E-state index in [1.54, 1.807) is 0 Å². The van der Waals surface area contributed by atoms with Crippen molar-refractivity contribution in [2.75, 3.05) is 19.7 Å². The fraction of sp³-hybridized carbons (Fsp3) is 0.818. The Bertz CT molecular complexity index is 218. The lowest BCUT2D eigenvalue weighted by atomic mass is 10.0. The van der Waals surface area contributed by atoms with E-state index in [0.717, 1.165) is 19.7 Å². The van der Waals surface area contributed by atoms with Gasteiger partial charge in [0.05, 0.1) is 12.2 Å². The first-order chi connectivity index (χ1) is 6.08. The molecule has 1 spiro atoms. The number of rotatable bonds is 2. The maximum absolute atomic E-state index is 5.77. The predicted molar refractivity (Wildman–Crippen MR) is 53.8 cm³/mol. The molecule has 2 nitrogen and oxygen atoms in total. The Morgan fingerprint density at radius 1 is 1.46 bits per heavy atom. The average Bonchev–Trinajstić information content (AvgIpc) is 2.85. The molecule has 1 aliphatic carbocycles. The van der Waals surface area contributed by atoms with Gasteiger partial charge in [-0.2, -0.15) is 0 Å². The van der Waals surface area contributed by atoms with Gasteiger partial charge in [-0.15, -0.1) is 6.58 Å². The van der Waals surface area contributed by atoms with Crippen molar-refractivity contribution in [1.29, 1.82) is 0 Å². The molecule has 0 aromatic rings. The summed E-state index contributed by atoms with van der Waals surface area (Å²) in [4.78, 5) is 2.48. The van der Waals surface area contributed by atoms with Crippen molar-refractivity contribution < 1.29 is 4.74 Å². The summed E-state index contributed by atoms with van der Waals surface area (Å²) in [6.45, 7) is 11.4. The first kappa shape index (κ1) is 9.22. The third-order valence-corrected chi connectivity index (χ3v) is 3.37. The van der Waals surface area contributed by atoms with E-state index in [4.69, 9.17) is 4.74 Å². The molecule has 0 unspecified atom stereocenters. The van der Waals surface area contributed by atoms with Gasteiger partial charge in [-0.3, -0.25) is 4.90 Å². The van der Waals surface area contributed by atoms with Gasteiger partial charge in [0, 0.05) is 18.6 Å². The van der Waals surface area contributed by atoms with E-state index >= 15 is 0 Å². The SMILES string of the molecule is C=CC(C)(C)N1CCOC2(CC2)C1. The van der Waals surface area contributed by atoms with Crippen molar-refractivity contribution in [3.8, 4) is 0 Å². The topological polar surface area (TPSA) is 12.5 Å². The van der Waals surface area contributed by atoms with Crippen LogP contribution in [0.3, 0.4) is 0 Å². The van der Waals surface area contributed by atoms with Crippen LogP contribution in [0.4, 0.5) is 0 Å². The zero-order valence-electron chi connectivity index (χ0n) is 8.68. The van der Waals surface area contributed by atoms with Gasteiger partial charge in [0.1, 0.15) is 0 Å². The van der Waals surface area contributed by atoms with Gasteiger partial charge in [0.25, 0.3) is 0 Å². The van der Waals surface area contributed by atoms with E-state index in [0.29, 0.717) is 0 Å². The van der Waals surface area contributed by atoms with Gasteiger partial charge in [-0.05, 0) is 26.7 Å². The zero-order valence-corrected chi connectivity index (χ0v) is 8.68. The molecule has 1 aliphatic heterocycles. The molecule has 2 heteroatoms. The fourth-order valence-corrected chi connectivity index (χ4v) is 1.91. The standard InChI is InChI=1S/C11H19NO/c1-4-10(2,3)12-7-8-13-11(9-12)5-6-11/h4H,1,5-9H2,2-3H3. The lowest BCUT2D eigenvalue weighted by Crippen LogP contribution is -2.52. The summed E-state index contributed by atoms with van der Waals surface area (Å²) in [6, 6.07) is 0. The van der Waals surface area contributed by atoms with Gasteiger partial charge in [-0.1, -0.05) is 6.08 Å². The molecule has 2 rings (SSSR count).